The number of aliphatic imine (C=N–C) groups is 1. The third-order valence-electron chi connectivity index (χ3n) is 2.40. The summed E-state index contributed by atoms with van der Waals surface area (Å²) in [5.41, 5.74) is 0.237. The fourth-order valence-electron chi connectivity index (χ4n) is 1.65. The fourth-order valence-corrected chi connectivity index (χ4v) is 1.65. The van der Waals surface area contributed by atoms with Gasteiger partial charge in [-0.25, -0.2) is 4.57 Å². The van der Waals surface area contributed by atoms with Crippen molar-refractivity contribution in [1.29, 1.82) is 0 Å². The van der Waals surface area contributed by atoms with Crippen LogP contribution in [0.3, 0.4) is 0 Å². The van der Waals surface area contributed by atoms with Crippen molar-refractivity contribution in [2.45, 2.75) is 26.8 Å². The molecule has 2 heterocycles. The van der Waals surface area contributed by atoms with Crippen LogP contribution in [0.15, 0.2) is 29.4 Å². The van der Waals surface area contributed by atoms with Crippen molar-refractivity contribution in [3.8, 4) is 0 Å². The number of nitrogens with zero attached hydrogens (tertiary/aromatic N) is 2. The fraction of sp³-hybridized carbons (Fsp3) is 0.455. The van der Waals surface area contributed by atoms with Gasteiger partial charge in [0.1, 0.15) is 0 Å². The molecule has 0 spiro atoms. The molecule has 13 heavy (non-hydrogen) atoms. The van der Waals surface area contributed by atoms with Crippen LogP contribution in [0.2, 0.25) is 0 Å². The van der Waals surface area contributed by atoms with Crippen molar-refractivity contribution in [2.24, 2.45) is 10.4 Å². The van der Waals surface area contributed by atoms with E-state index >= 15 is 0 Å². The monoisotopic (exact) mass is 175 g/mol. The molecule has 1 aliphatic rings. The molecule has 1 aromatic rings. The Labute approximate surface area is 78.9 Å². The Hall–Kier alpha value is -1.18. The quantitative estimate of drug-likeness (QED) is 0.538. The molecule has 1 atom stereocenters. The van der Waals surface area contributed by atoms with E-state index in [-0.39, 0.29) is 5.41 Å². The maximum absolute atomic E-state index is 4.39. The molecule has 0 saturated carbocycles. The number of fused-ring (bicyclic) bond motifs is 1. The van der Waals surface area contributed by atoms with E-state index in [0.717, 1.165) is 5.82 Å². The summed E-state index contributed by atoms with van der Waals surface area (Å²) >= 11 is 0. The summed E-state index contributed by atoms with van der Waals surface area (Å²) in [6, 6.07) is 6.51. The van der Waals surface area contributed by atoms with E-state index in [4.69, 9.17) is 0 Å². The van der Waals surface area contributed by atoms with Gasteiger partial charge in [0.2, 0.25) is 0 Å². The summed E-state index contributed by atoms with van der Waals surface area (Å²) < 4.78 is 2.22. The van der Waals surface area contributed by atoms with Crippen molar-refractivity contribution >= 4 is 12.0 Å². The van der Waals surface area contributed by atoms with Gasteiger partial charge in [0, 0.05) is 11.5 Å². The molecule has 0 saturated heterocycles. The standard InChI is InChI=1S/C11H15N2/c1-11(2,3)9-8-12-10-6-4-5-7-13(9)10/h4-9H,1-3H3/q+1. The Morgan fingerprint density at radius 2 is 2.08 bits per heavy atom. The molecule has 0 bridgehead atoms. The summed E-state index contributed by atoms with van der Waals surface area (Å²) in [6.45, 7) is 6.70. The van der Waals surface area contributed by atoms with Gasteiger partial charge in [0.05, 0.1) is 6.20 Å². The van der Waals surface area contributed by atoms with Gasteiger partial charge in [0.15, 0.2) is 12.3 Å². The van der Waals surface area contributed by atoms with E-state index in [2.05, 4.69) is 42.6 Å². The predicted molar refractivity (Wildman–Crippen MR) is 53.3 cm³/mol. The first-order chi connectivity index (χ1) is 6.09. The average molecular weight is 175 g/mol. The van der Waals surface area contributed by atoms with Crippen LogP contribution >= 0.6 is 0 Å². The third kappa shape index (κ3) is 1.37. The Kier molecular flexibility index (Phi) is 1.72. The zero-order chi connectivity index (χ0) is 9.47. The van der Waals surface area contributed by atoms with Crippen molar-refractivity contribution in [3.63, 3.8) is 0 Å². The number of hydrogen-bond donors (Lipinski definition) is 0. The highest BCUT2D eigenvalue weighted by molar-refractivity contribution is 5.67. The summed E-state index contributed by atoms with van der Waals surface area (Å²) in [6.07, 6.45) is 4.13. The molecule has 0 fully saturated rings. The van der Waals surface area contributed by atoms with Crippen LogP contribution in [0.4, 0.5) is 5.82 Å². The first kappa shape index (κ1) is 8.42. The van der Waals surface area contributed by atoms with E-state index in [0.29, 0.717) is 6.04 Å². The summed E-state index contributed by atoms with van der Waals surface area (Å²) in [5, 5.41) is 0. The Morgan fingerprint density at radius 1 is 1.31 bits per heavy atom. The third-order valence-corrected chi connectivity index (χ3v) is 2.40. The second-order valence-corrected chi connectivity index (χ2v) is 4.56. The highest BCUT2D eigenvalue weighted by atomic mass is 15.1. The van der Waals surface area contributed by atoms with Crippen molar-refractivity contribution in [2.75, 3.05) is 0 Å². The SMILES string of the molecule is CC(C)(C)C1C=Nc2cccc[n+]21. The van der Waals surface area contributed by atoms with Gasteiger partial charge in [0.25, 0.3) is 0 Å². The zero-order valence-electron chi connectivity index (χ0n) is 8.36. The van der Waals surface area contributed by atoms with Crippen LogP contribution in [-0.2, 0) is 0 Å². The van der Waals surface area contributed by atoms with E-state index in [1.807, 2.05) is 18.3 Å². The van der Waals surface area contributed by atoms with Gasteiger partial charge in [-0.3, -0.25) is 0 Å². The Balaban J connectivity index is 2.45. The normalized spacial score (nSPS) is 20.4. The number of rotatable bonds is 0. The predicted octanol–water partition coefficient (Wildman–Crippen LogP) is 2.28. The summed E-state index contributed by atoms with van der Waals surface area (Å²) in [5.74, 6) is 1.06. The highest BCUT2D eigenvalue weighted by Crippen LogP contribution is 2.29. The first-order valence-corrected chi connectivity index (χ1v) is 4.63. The van der Waals surface area contributed by atoms with Crippen LogP contribution in [0, 0.1) is 5.41 Å². The molecule has 0 radical (unpaired) electrons. The molecule has 0 aromatic carbocycles. The summed E-state index contributed by atoms with van der Waals surface area (Å²) in [7, 11) is 0. The molecule has 2 heteroatoms. The van der Waals surface area contributed by atoms with E-state index in [1.54, 1.807) is 0 Å². The second kappa shape index (κ2) is 2.66. The Morgan fingerprint density at radius 3 is 2.77 bits per heavy atom. The molecule has 1 unspecified atom stereocenters. The van der Waals surface area contributed by atoms with Crippen molar-refractivity contribution < 1.29 is 4.57 Å². The number of aromatic nitrogens is 1. The first-order valence-electron chi connectivity index (χ1n) is 4.63. The second-order valence-electron chi connectivity index (χ2n) is 4.56. The van der Waals surface area contributed by atoms with Gasteiger partial charge in [-0.15, -0.1) is 0 Å². The molecule has 0 aliphatic carbocycles. The smallest absolute Gasteiger partial charge is 0.220 e. The minimum absolute atomic E-state index is 0.237. The van der Waals surface area contributed by atoms with Gasteiger partial charge in [-0.05, 0) is 11.1 Å². The molecule has 68 valence electrons. The minimum atomic E-state index is 0.237. The lowest BCUT2D eigenvalue weighted by Crippen LogP contribution is -2.44. The maximum atomic E-state index is 4.39. The lowest BCUT2D eigenvalue weighted by molar-refractivity contribution is -0.700. The van der Waals surface area contributed by atoms with Crippen LogP contribution in [0.5, 0.6) is 0 Å². The molecule has 2 nitrogen and oxygen atoms in total. The van der Waals surface area contributed by atoms with Gasteiger partial charge >= 0.3 is 5.82 Å². The molecular formula is C11H15N2+. The molecule has 0 N–H and O–H groups in total. The lowest BCUT2D eigenvalue weighted by Gasteiger charge is -2.21. The van der Waals surface area contributed by atoms with Crippen LogP contribution in [-0.4, -0.2) is 6.21 Å². The lowest BCUT2D eigenvalue weighted by atomic mass is 9.87. The molecule has 0 amide bonds. The van der Waals surface area contributed by atoms with Gasteiger partial charge in [-0.1, -0.05) is 26.8 Å². The van der Waals surface area contributed by atoms with Crippen LogP contribution in [0.25, 0.3) is 0 Å². The van der Waals surface area contributed by atoms with E-state index < -0.39 is 0 Å². The number of pyridine rings is 1. The van der Waals surface area contributed by atoms with Gasteiger partial charge in [-0.2, -0.15) is 0 Å². The molecule has 2 rings (SSSR count). The van der Waals surface area contributed by atoms with Crippen LogP contribution < -0.4 is 4.57 Å². The van der Waals surface area contributed by atoms with Crippen molar-refractivity contribution in [3.05, 3.63) is 24.4 Å². The Bertz CT molecular complexity index is 347. The van der Waals surface area contributed by atoms with E-state index in [1.165, 1.54) is 0 Å². The molecule has 1 aromatic heterocycles. The maximum Gasteiger partial charge on any atom is 0.323 e. The van der Waals surface area contributed by atoms with E-state index in [9.17, 15) is 0 Å². The minimum Gasteiger partial charge on any atom is -0.220 e. The van der Waals surface area contributed by atoms with Gasteiger partial charge < -0.3 is 0 Å². The van der Waals surface area contributed by atoms with Crippen LogP contribution in [0.1, 0.15) is 26.8 Å². The number of hydrogen-bond acceptors (Lipinski definition) is 1. The molecular weight excluding hydrogens is 160 g/mol. The average Bonchev–Trinajstić information content (AvgIpc) is 2.45. The topological polar surface area (TPSA) is 16.2 Å². The largest absolute Gasteiger partial charge is 0.323 e. The summed E-state index contributed by atoms with van der Waals surface area (Å²) in [4.78, 5) is 4.39. The van der Waals surface area contributed by atoms with Crippen molar-refractivity contribution in [1.82, 2.24) is 0 Å². The zero-order valence-corrected chi connectivity index (χ0v) is 8.36. The highest BCUT2D eigenvalue weighted by Gasteiger charge is 2.35. The molecule has 1 aliphatic heterocycles.